The van der Waals surface area contributed by atoms with Gasteiger partial charge in [-0.3, -0.25) is 0 Å². The molecular formula is C15H33N3. The van der Waals surface area contributed by atoms with Crippen LogP contribution >= 0.6 is 0 Å². The average Bonchev–Trinajstić information content (AvgIpc) is 2.34. The van der Waals surface area contributed by atoms with Crippen LogP contribution in [0.1, 0.15) is 40.0 Å². The third-order valence-electron chi connectivity index (χ3n) is 4.41. The third kappa shape index (κ3) is 5.25. The summed E-state index contributed by atoms with van der Waals surface area (Å²) in [5, 5.41) is 3.69. The fourth-order valence-corrected chi connectivity index (χ4v) is 2.89. The van der Waals surface area contributed by atoms with E-state index in [9.17, 15) is 0 Å². The second-order valence-corrected chi connectivity index (χ2v) is 6.14. The molecule has 108 valence electrons. The number of nitrogens with one attached hydrogen (secondary N) is 1. The van der Waals surface area contributed by atoms with Gasteiger partial charge in [-0.25, -0.2) is 0 Å². The molecule has 1 aliphatic heterocycles. The molecule has 0 aromatic rings. The maximum absolute atomic E-state index is 3.69. The minimum absolute atomic E-state index is 0.684. The van der Waals surface area contributed by atoms with E-state index in [1.165, 1.54) is 38.9 Å². The topological polar surface area (TPSA) is 18.5 Å². The van der Waals surface area contributed by atoms with Crippen molar-refractivity contribution in [2.45, 2.75) is 52.1 Å². The van der Waals surface area contributed by atoms with Crippen molar-refractivity contribution in [3.8, 4) is 0 Å². The molecule has 0 saturated carbocycles. The average molecular weight is 255 g/mol. The van der Waals surface area contributed by atoms with E-state index in [1.54, 1.807) is 0 Å². The van der Waals surface area contributed by atoms with Crippen LogP contribution in [0.4, 0.5) is 0 Å². The molecule has 1 aliphatic rings. The molecule has 0 aromatic carbocycles. The van der Waals surface area contributed by atoms with Crippen LogP contribution in [0.25, 0.3) is 0 Å². The van der Waals surface area contributed by atoms with Crippen molar-refractivity contribution >= 4 is 0 Å². The van der Waals surface area contributed by atoms with E-state index in [-0.39, 0.29) is 0 Å². The first kappa shape index (κ1) is 15.9. The standard InChI is InChI=1S/C15H33N3/c1-6-13(3)10-14(16-7-2)11-15-12-17(4)8-9-18(15)5/h13-16H,6-12H2,1-5H3. The minimum atomic E-state index is 0.684. The molecule has 1 rings (SSSR count). The summed E-state index contributed by atoms with van der Waals surface area (Å²) >= 11 is 0. The molecule has 0 bridgehead atoms. The fraction of sp³-hybridized carbons (Fsp3) is 1.00. The van der Waals surface area contributed by atoms with Gasteiger partial charge in [0.2, 0.25) is 0 Å². The van der Waals surface area contributed by atoms with Crippen molar-refractivity contribution in [3.63, 3.8) is 0 Å². The molecular weight excluding hydrogens is 222 g/mol. The molecule has 1 N–H and O–H groups in total. The molecule has 1 heterocycles. The molecule has 18 heavy (non-hydrogen) atoms. The van der Waals surface area contributed by atoms with Crippen molar-refractivity contribution in [2.24, 2.45) is 5.92 Å². The van der Waals surface area contributed by atoms with Gasteiger partial charge in [-0.1, -0.05) is 27.2 Å². The van der Waals surface area contributed by atoms with Gasteiger partial charge in [-0.2, -0.15) is 0 Å². The van der Waals surface area contributed by atoms with E-state index in [0.717, 1.165) is 18.5 Å². The number of piperazine rings is 1. The maximum Gasteiger partial charge on any atom is 0.0235 e. The Morgan fingerprint density at radius 3 is 2.56 bits per heavy atom. The van der Waals surface area contributed by atoms with Crippen LogP contribution < -0.4 is 5.32 Å². The molecule has 0 radical (unpaired) electrons. The Balaban J connectivity index is 2.47. The lowest BCUT2D eigenvalue weighted by atomic mass is 9.93. The number of rotatable bonds is 7. The second kappa shape index (κ2) is 8.13. The quantitative estimate of drug-likeness (QED) is 0.751. The van der Waals surface area contributed by atoms with Gasteiger partial charge in [0.25, 0.3) is 0 Å². The first-order chi connectivity index (χ1) is 8.56. The second-order valence-electron chi connectivity index (χ2n) is 6.14. The van der Waals surface area contributed by atoms with Gasteiger partial charge in [0, 0.05) is 31.7 Å². The van der Waals surface area contributed by atoms with Crippen molar-refractivity contribution in [1.29, 1.82) is 0 Å². The number of hydrogen-bond acceptors (Lipinski definition) is 3. The molecule has 3 atom stereocenters. The molecule has 3 heteroatoms. The van der Waals surface area contributed by atoms with E-state index in [0.29, 0.717) is 6.04 Å². The fourth-order valence-electron chi connectivity index (χ4n) is 2.89. The predicted octanol–water partition coefficient (Wildman–Crippen LogP) is 2.04. The number of hydrogen-bond donors (Lipinski definition) is 1. The summed E-state index contributed by atoms with van der Waals surface area (Å²) in [6, 6.07) is 1.40. The highest BCUT2D eigenvalue weighted by molar-refractivity contribution is 4.83. The number of nitrogens with zero attached hydrogens (tertiary/aromatic N) is 2. The van der Waals surface area contributed by atoms with Gasteiger partial charge in [0.15, 0.2) is 0 Å². The van der Waals surface area contributed by atoms with Crippen molar-refractivity contribution in [2.75, 3.05) is 40.3 Å². The zero-order valence-electron chi connectivity index (χ0n) is 13.1. The monoisotopic (exact) mass is 255 g/mol. The molecule has 1 fully saturated rings. The molecule has 0 aliphatic carbocycles. The SMILES string of the molecule is CCNC(CC(C)CC)CC1CN(C)CCN1C. The van der Waals surface area contributed by atoms with Gasteiger partial charge < -0.3 is 15.1 Å². The first-order valence-electron chi connectivity index (χ1n) is 7.68. The molecule has 0 spiro atoms. The van der Waals surface area contributed by atoms with Crippen LogP contribution in [0.15, 0.2) is 0 Å². The minimum Gasteiger partial charge on any atom is -0.314 e. The van der Waals surface area contributed by atoms with E-state index in [2.05, 4.69) is 50.0 Å². The lowest BCUT2D eigenvalue weighted by Gasteiger charge is -2.39. The summed E-state index contributed by atoms with van der Waals surface area (Å²) in [6.07, 6.45) is 3.90. The highest BCUT2D eigenvalue weighted by Gasteiger charge is 2.25. The van der Waals surface area contributed by atoms with E-state index >= 15 is 0 Å². The third-order valence-corrected chi connectivity index (χ3v) is 4.41. The van der Waals surface area contributed by atoms with Crippen LogP contribution in [-0.4, -0.2) is 62.2 Å². The van der Waals surface area contributed by atoms with Gasteiger partial charge in [0.05, 0.1) is 0 Å². The zero-order valence-corrected chi connectivity index (χ0v) is 13.1. The summed E-state index contributed by atoms with van der Waals surface area (Å²) in [5.74, 6) is 0.834. The van der Waals surface area contributed by atoms with Crippen LogP contribution in [-0.2, 0) is 0 Å². The molecule has 1 saturated heterocycles. The Labute approximate surface area is 114 Å². The molecule has 3 unspecified atom stereocenters. The normalized spacial score (nSPS) is 26.2. The highest BCUT2D eigenvalue weighted by atomic mass is 15.3. The zero-order chi connectivity index (χ0) is 13.5. The lowest BCUT2D eigenvalue weighted by molar-refractivity contribution is 0.0986. The van der Waals surface area contributed by atoms with Crippen LogP contribution in [0, 0.1) is 5.92 Å². The Kier molecular flexibility index (Phi) is 7.20. The van der Waals surface area contributed by atoms with Crippen molar-refractivity contribution in [3.05, 3.63) is 0 Å². The Bertz CT molecular complexity index is 220. The van der Waals surface area contributed by atoms with E-state index in [1.807, 2.05) is 0 Å². The lowest BCUT2D eigenvalue weighted by Crippen LogP contribution is -2.52. The van der Waals surface area contributed by atoms with Crippen LogP contribution in [0.5, 0.6) is 0 Å². The van der Waals surface area contributed by atoms with Crippen LogP contribution in [0.3, 0.4) is 0 Å². The summed E-state index contributed by atoms with van der Waals surface area (Å²) in [5.41, 5.74) is 0. The maximum atomic E-state index is 3.69. The van der Waals surface area contributed by atoms with Gasteiger partial charge >= 0.3 is 0 Å². The highest BCUT2D eigenvalue weighted by Crippen LogP contribution is 2.17. The van der Waals surface area contributed by atoms with E-state index in [4.69, 9.17) is 0 Å². The van der Waals surface area contributed by atoms with Gasteiger partial charge in [-0.05, 0) is 39.4 Å². The Morgan fingerprint density at radius 2 is 1.94 bits per heavy atom. The summed E-state index contributed by atoms with van der Waals surface area (Å²) in [7, 11) is 4.53. The molecule has 0 amide bonds. The summed E-state index contributed by atoms with van der Waals surface area (Å²) in [6.45, 7) is 11.6. The van der Waals surface area contributed by atoms with Crippen LogP contribution in [0.2, 0.25) is 0 Å². The van der Waals surface area contributed by atoms with Gasteiger partial charge in [-0.15, -0.1) is 0 Å². The van der Waals surface area contributed by atoms with Crippen molar-refractivity contribution < 1.29 is 0 Å². The first-order valence-corrected chi connectivity index (χ1v) is 7.68. The molecule has 3 nitrogen and oxygen atoms in total. The Hall–Kier alpha value is -0.120. The number of likely N-dealkylation sites (N-methyl/N-ethyl adjacent to an activating group) is 2. The summed E-state index contributed by atoms with van der Waals surface area (Å²) < 4.78 is 0. The van der Waals surface area contributed by atoms with Gasteiger partial charge in [0.1, 0.15) is 0 Å². The predicted molar refractivity (Wildman–Crippen MR) is 80.1 cm³/mol. The van der Waals surface area contributed by atoms with E-state index < -0.39 is 0 Å². The Morgan fingerprint density at radius 1 is 1.22 bits per heavy atom. The van der Waals surface area contributed by atoms with Crippen molar-refractivity contribution in [1.82, 2.24) is 15.1 Å². The molecule has 0 aromatic heterocycles. The largest absolute Gasteiger partial charge is 0.314 e. The summed E-state index contributed by atoms with van der Waals surface area (Å²) in [4.78, 5) is 5.01. The smallest absolute Gasteiger partial charge is 0.0235 e.